The molecule has 6 nitrogen and oxygen atoms in total. The highest BCUT2D eigenvalue weighted by Crippen LogP contribution is 2.27. The van der Waals surface area contributed by atoms with Crippen LogP contribution in [0.3, 0.4) is 0 Å². The van der Waals surface area contributed by atoms with Gasteiger partial charge in [-0.15, -0.1) is 0 Å². The molecule has 0 aliphatic carbocycles. The molecule has 1 N–H and O–H groups in total. The molecular weight excluding hydrogens is 256 g/mol. The predicted molar refractivity (Wildman–Crippen MR) is 67.7 cm³/mol. The maximum absolute atomic E-state index is 12.0. The van der Waals surface area contributed by atoms with Crippen LogP contribution in [0, 0.1) is 0 Å². The van der Waals surface area contributed by atoms with Crippen molar-refractivity contribution < 1.29 is 18.0 Å². The summed E-state index contributed by atoms with van der Waals surface area (Å²) >= 11 is 0. The molecule has 1 rings (SSSR count). The van der Waals surface area contributed by atoms with Crippen molar-refractivity contribution in [3.8, 4) is 0 Å². The van der Waals surface area contributed by atoms with Gasteiger partial charge < -0.3 is 10.2 Å². The molecule has 0 aromatic carbocycles. The zero-order valence-corrected chi connectivity index (χ0v) is 11.8. The average Bonchev–Trinajstić information content (AvgIpc) is 2.29. The molecule has 1 heterocycles. The molecule has 1 aliphatic heterocycles. The van der Waals surface area contributed by atoms with E-state index in [1.165, 1.54) is 4.90 Å². The third kappa shape index (κ3) is 2.82. The van der Waals surface area contributed by atoms with Gasteiger partial charge in [-0.2, -0.15) is 0 Å². The number of carbonyl (C=O) groups excluding carboxylic acids is 2. The summed E-state index contributed by atoms with van der Waals surface area (Å²) in [6.07, 6.45) is 2.08. The Morgan fingerprint density at radius 1 is 1.28 bits per heavy atom. The van der Waals surface area contributed by atoms with Gasteiger partial charge in [0.25, 0.3) is 0 Å². The van der Waals surface area contributed by atoms with Crippen LogP contribution >= 0.6 is 0 Å². The van der Waals surface area contributed by atoms with E-state index in [0.717, 1.165) is 6.26 Å². The fourth-order valence-corrected chi connectivity index (χ4v) is 2.84. The van der Waals surface area contributed by atoms with Crippen molar-refractivity contribution in [3.05, 3.63) is 0 Å². The van der Waals surface area contributed by atoms with Crippen LogP contribution in [0.4, 0.5) is 0 Å². The Labute approximate surface area is 108 Å². The van der Waals surface area contributed by atoms with Gasteiger partial charge in [0.05, 0.1) is 12.3 Å². The second kappa shape index (κ2) is 5.26. The molecule has 0 bridgehead atoms. The highest BCUT2D eigenvalue weighted by atomic mass is 32.2. The largest absolute Gasteiger partial charge is 0.345 e. The number of nitrogens with one attached hydrogen (secondary N) is 1. The molecule has 1 fully saturated rings. The lowest BCUT2D eigenvalue weighted by atomic mass is 9.87. The van der Waals surface area contributed by atoms with E-state index < -0.39 is 15.4 Å². The zero-order chi connectivity index (χ0) is 14.0. The van der Waals surface area contributed by atoms with Gasteiger partial charge in [-0.3, -0.25) is 9.59 Å². The molecule has 0 spiro atoms. The van der Waals surface area contributed by atoms with Crippen LogP contribution < -0.4 is 5.32 Å². The zero-order valence-electron chi connectivity index (χ0n) is 11.0. The second-order valence-corrected chi connectivity index (χ2v) is 6.86. The first-order chi connectivity index (χ1) is 8.27. The van der Waals surface area contributed by atoms with Crippen LogP contribution in [0.25, 0.3) is 0 Å². The first-order valence-electron chi connectivity index (χ1n) is 6.03. The van der Waals surface area contributed by atoms with Gasteiger partial charge in [0.15, 0.2) is 0 Å². The van der Waals surface area contributed by atoms with E-state index in [2.05, 4.69) is 5.32 Å². The molecule has 0 unspecified atom stereocenters. The maximum Gasteiger partial charge on any atom is 0.246 e. The van der Waals surface area contributed by atoms with Crippen molar-refractivity contribution in [2.24, 2.45) is 0 Å². The number of carbonyl (C=O) groups is 2. The van der Waals surface area contributed by atoms with Crippen molar-refractivity contribution >= 4 is 21.7 Å². The Hall–Kier alpha value is -1.11. The summed E-state index contributed by atoms with van der Waals surface area (Å²) in [6, 6.07) is 0. The summed E-state index contributed by atoms with van der Waals surface area (Å²) in [5.41, 5.74) is -0.903. The summed E-state index contributed by atoms with van der Waals surface area (Å²) in [5, 5.41) is 2.57. The van der Waals surface area contributed by atoms with Gasteiger partial charge in [0.2, 0.25) is 11.8 Å². The first-order valence-corrected chi connectivity index (χ1v) is 8.09. The number of amides is 2. The monoisotopic (exact) mass is 276 g/mol. The maximum atomic E-state index is 12.0. The van der Waals surface area contributed by atoms with E-state index in [-0.39, 0.29) is 30.7 Å². The molecule has 7 heteroatoms. The highest BCUT2D eigenvalue weighted by Gasteiger charge is 2.46. The number of hydrogen-bond donors (Lipinski definition) is 1. The summed E-state index contributed by atoms with van der Waals surface area (Å²) in [6.45, 7) is 3.68. The van der Waals surface area contributed by atoms with Crippen LogP contribution in [0.5, 0.6) is 0 Å². The minimum atomic E-state index is -3.16. The molecule has 0 aromatic rings. The van der Waals surface area contributed by atoms with E-state index in [9.17, 15) is 18.0 Å². The van der Waals surface area contributed by atoms with Gasteiger partial charge in [-0.1, -0.05) is 13.8 Å². The molecule has 0 atom stereocenters. The standard InChI is InChI=1S/C11H20N2O4S/c1-4-11(5-2)10(15)12-8-9(14)13(11)6-7-18(3,16)17/h4-8H2,1-3H3,(H,12,15). The van der Waals surface area contributed by atoms with Crippen molar-refractivity contribution in [2.45, 2.75) is 32.2 Å². The molecular formula is C11H20N2O4S. The predicted octanol–water partition coefficient (Wildman–Crippen LogP) is -0.452. The molecule has 18 heavy (non-hydrogen) atoms. The highest BCUT2D eigenvalue weighted by molar-refractivity contribution is 7.90. The van der Waals surface area contributed by atoms with Gasteiger partial charge in [-0.25, -0.2) is 8.42 Å². The van der Waals surface area contributed by atoms with Crippen molar-refractivity contribution in [2.75, 3.05) is 25.1 Å². The van der Waals surface area contributed by atoms with Gasteiger partial charge in [0, 0.05) is 12.8 Å². The summed E-state index contributed by atoms with van der Waals surface area (Å²) in [4.78, 5) is 25.3. The van der Waals surface area contributed by atoms with Crippen molar-refractivity contribution in [1.29, 1.82) is 0 Å². The smallest absolute Gasteiger partial charge is 0.246 e. The molecule has 2 amide bonds. The van der Waals surface area contributed by atoms with E-state index in [1.54, 1.807) is 0 Å². The fourth-order valence-electron chi connectivity index (χ4n) is 2.33. The summed E-state index contributed by atoms with van der Waals surface area (Å²) < 4.78 is 22.4. The Morgan fingerprint density at radius 3 is 2.28 bits per heavy atom. The fraction of sp³-hybridized carbons (Fsp3) is 0.818. The van der Waals surface area contributed by atoms with Crippen LogP contribution in [-0.4, -0.2) is 55.8 Å². The van der Waals surface area contributed by atoms with Crippen molar-refractivity contribution in [3.63, 3.8) is 0 Å². The van der Waals surface area contributed by atoms with Gasteiger partial charge in [0.1, 0.15) is 15.4 Å². The Bertz CT molecular complexity index is 440. The quantitative estimate of drug-likeness (QED) is 0.737. The van der Waals surface area contributed by atoms with Crippen LogP contribution in [-0.2, 0) is 19.4 Å². The number of hydrogen-bond acceptors (Lipinski definition) is 4. The van der Waals surface area contributed by atoms with E-state index in [0.29, 0.717) is 12.8 Å². The lowest BCUT2D eigenvalue weighted by Crippen LogP contribution is -2.67. The normalized spacial score (nSPS) is 19.8. The Balaban J connectivity index is 3.00. The SMILES string of the molecule is CCC1(CC)C(=O)NCC(=O)N1CCS(C)(=O)=O. The Morgan fingerprint density at radius 2 is 1.83 bits per heavy atom. The van der Waals surface area contributed by atoms with E-state index in [4.69, 9.17) is 0 Å². The molecule has 1 saturated heterocycles. The Kier molecular flexibility index (Phi) is 4.37. The lowest BCUT2D eigenvalue weighted by Gasteiger charge is -2.44. The number of rotatable bonds is 5. The number of sulfone groups is 1. The second-order valence-electron chi connectivity index (χ2n) is 4.60. The van der Waals surface area contributed by atoms with E-state index in [1.807, 2.05) is 13.8 Å². The van der Waals surface area contributed by atoms with Crippen LogP contribution in [0.1, 0.15) is 26.7 Å². The minimum Gasteiger partial charge on any atom is -0.345 e. The summed E-state index contributed by atoms with van der Waals surface area (Å²) in [7, 11) is -3.16. The van der Waals surface area contributed by atoms with Gasteiger partial charge in [-0.05, 0) is 12.8 Å². The minimum absolute atomic E-state index is 0.0512. The van der Waals surface area contributed by atoms with Crippen molar-refractivity contribution in [1.82, 2.24) is 10.2 Å². The molecule has 104 valence electrons. The average molecular weight is 276 g/mol. The molecule has 0 saturated carbocycles. The third-order valence-corrected chi connectivity index (χ3v) is 4.42. The molecule has 0 aromatic heterocycles. The van der Waals surface area contributed by atoms with Gasteiger partial charge >= 0.3 is 0 Å². The van der Waals surface area contributed by atoms with Crippen LogP contribution in [0.15, 0.2) is 0 Å². The third-order valence-electron chi connectivity index (χ3n) is 3.50. The lowest BCUT2D eigenvalue weighted by molar-refractivity contribution is -0.154. The topological polar surface area (TPSA) is 83.6 Å². The van der Waals surface area contributed by atoms with Crippen LogP contribution in [0.2, 0.25) is 0 Å². The first kappa shape index (κ1) is 14.9. The molecule has 1 aliphatic rings. The number of nitrogens with zero attached hydrogens (tertiary/aromatic N) is 1. The summed E-state index contributed by atoms with van der Waals surface area (Å²) in [5.74, 6) is -0.532. The number of piperazine rings is 1. The van der Waals surface area contributed by atoms with E-state index >= 15 is 0 Å². The molecule has 0 radical (unpaired) electrons.